The normalized spacial score (nSPS) is 23.9. The van der Waals surface area contributed by atoms with Crippen molar-refractivity contribution in [2.45, 2.75) is 65.0 Å². The van der Waals surface area contributed by atoms with E-state index in [9.17, 15) is 9.90 Å². The Labute approximate surface area is 98.8 Å². The van der Waals surface area contributed by atoms with Crippen LogP contribution in [0.3, 0.4) is 0 Å². The van der Waals surface area contributed by atoms with Crippen LogP contribution >= 0.6 is 0 Å². The number of unbranched alkanes of at least 4 members (excludes halogenated alkanes) is 1. The lowest BCUT2D eigenvalue weighted by molar-refractivity contribution is -0.144. The second-order valence-corrected chi connectivity index (χ2v) is 5.19. The Bertz CT molecular complexity index is 228. The predicted molar refractivity (Wildman–Crippen MR) is 65.5 cm³/mol. The molecule has 0 amide bonds. The fourth-order valence-electron chi connectivity index (χ4n) is 2.75. The molecule has 0 saturated carbocycles. The highest BCUT2D eigenvalue weighted by molar-refractivity contribution is 5.73. The van der Waals surface area contributed by atoms with Crippen LogP contribution in [0.5, 0.6) is 0 Å². The first-order valence-corrected chi connectivity index (χ1v) is 6.56. The maximum Gasteiger partial charge on any atom is 0.320 e. The van der Waals surface area contributed by atoms with Gasteiger partial charge in [0, 0.05) is 6.04 Å². The molecule has 1 heterocycles. The summed E-state index contributed by atoms with van der Waals surface area (Å²) in [6.07, 6.45) is 5.20. The Hall–Kier alpha value is -0.570. The first-order valence-electron chi connectivity index (χ1n) is 6.56. The highest BCUT2D eigenvalue weighted by Crippen LogP contribution is 2.27. The minimum Gasteiger partial charge on any atom is -0.480 e. The number of likely N-dealkylation sites (tertiary alicyclic amines) is 1. The molecule has 1 aliphatic rings. The fraction of sp³-hybridized carbons (Fsp3) is 0.923. The van der Waals surface area contributed by atoms with Gasteiger partial charge in [-0.2, -0.15) is 0 Å². The largest absolute Gasteiger partial charge is 0.480 e. The van der Waals surface area contributed by atoms with E-state index in [4.69, 9.17) is 0 Å². The first-order chi connectivity index (χ1) is 7.57. The lowest BCUT2D eigenvalue weighted by atomic mass is 9.99. The average molecular weight is 227 g/mol. The van der Waals surface area contributed by atoms with Crippen LogP contribution in [0.25, 0.3) is 0 Å². The first kappa shape index (κ1) is 13.5. The molecule has 3 nitrogen and oxygen atoms in total. The zero-order valence-corrected chi connectivity index (χ0v) is 10.8. The standard InChI is InChI=1S/C13H25NO2/c1-4-5-7-12(13(15)16)14-9-6-8-11(14)10(2)3/h10-12H,4-9H2,1-3H3,(H,15,16). The van der Waals surface area contributed by atoms with Crippen molar-refractivity contribution in [2.24, 2.45) is 5.92 Å². The van der Waals surface area contributed by atoms with Gasteiger partial charge in [-0.05, 0) is 31.7 Å². The van der Waals surface area contributed by atoms with Gasteiger partial charge in [0.05, 0.1) is 0 Å². The summed E-state index contributed by atoms with van der Waals surface area (Å²) in [5.74, 6) is -0.0769. The number of hydrogen-bond acceptors (Lipinski definition) is 2. The van der Waals surface area contributed by atoms with Crippen LogP contribution < -0.4 is 0 Å². The van der Waals surface area contributed by atoms with E-state index in [0.717, 1.165) is 38.6 Å². The molecule has 1 N–H and O–H groups in total. The zero-order valence-electron chi connectivity index (χ0n) is 10.8. The van der Waals surface area contributed by atoms with Crippen LogP contribution in [-0.2, 0) is 4.79 Å². The van der Waals surface area contributed by atoms with E-state index >= 15 is 0 Å². The van der Waals surface area contributed by atoms with E-state index in [2.05, 4.69) is 25.7 Å². The average Bonchev–Trinajstić information content (AvgIpc) is 2.66. The van der Waals surface area contributed by atoms with E-state index in [1.54, 1.807) is 0 Å². The molecule has 2 unspecified atom stereocenters. The van der Waals surface area contributed by atoms with Gasteiger partial charge in [-0.3, -0.25) is 9.69 Å². The van der Waals surface area contributed by atoms with Gasteiger partial charge in [-0.1, -0.05) is 33.6 Å². The van der Waals surface area contributed by atoms with E-state index in [1.807, 2.05) is 0 Å². The quantitative estimate of drug-likeness (QED) is 0.758. The van der Waals surface area contributed by atoms with Crippen molar-refractivity contribution in [3.63, 3.8) is 0 Å². The van der Waals surface area contributed by atoms with Gasteiger partial charge in [0.1, 0.15) is 6.04 Å². The molecular formula is C13H25NO2. The van der Waals surface area contributed by atoms with Gasteiger partial charge in [0.15, 0.2) is 0 Å². The summed E-state index contributed by atoms with van der Waals surface area (Å²) in [5, 5.41) is 9.32. The molecule has 0 radical (unpaired) electrons. The molecule has 0 spiro atoms. The maximum atomic E-state index is 11.3. The Morgan fingerprint density at radius 3 is 2.69 bits per heavy atom. The number of nitrogens with zero attached hydrogens (tertiary/aromatic N) is 1. The van der Waals surface area contributed by atoms with E-state index in [0.29, 0.717) is 12.0 Å². The summed E-state index contributed by atoms with van der Waals surface area (Å²) in [6, 6.07) is 0.216. The molecule has 3 heteroatoms. The van der Waals surface area contributed by atoms with Crippen LogP contribution in [0.15, 0.2) is 0 Å². The van der Waals surface area contributed by atoms with Crippen LogP contribution in [0, 0.1) is 5.92 Å². The Kier molecular flexibility index (Phi) is 5.26. The van der Waals surface area contributed by atoms with Crippen molar-refractivity contribution in [1.29, 1.82) is 0 Å². The van der Waals surface area contributed by atoms with Crippen LogP contribution in [0.2, 0.25) is 0 Å². The summed E-state index contributed by atoms with van der Waals surface area (Å²) >= 11 is 0. The number of hydrogen-bond donors (Lipinski definition) is 1. The molecule has 0 aromatic carbocycles. The fourth-order valence-corrected chi connectivity index (χ4v) is 2.75. The molecule has 1 fully saturated rings. The SMILES string of the molecule is CCCCC(C(=O)O)N1CCCC1C(C)C. The summed E-state index contributed by atoms with van der Waals surface area (Å²) in [7, 11) is 0. The summed E-state index contributed by atoms with van der Waals surface area (Å²) < 4.78 is 0. The lowest BCUT2D eigenvalue weighted by Gasteiger charge is -2.32. The van der Waals surface area contributed by atoms with E-state index in [1.165, 1.54) is 0 Å². The zero-order chi connectivity index (χ0) is 12.1. The molecule has 0 aromatic heterocycles. The second kappa shape index (κ2) is 6.24. The van der Waals surface area contributed by atoms with Crippen molar-refractivity contribution >= 4 is 5.97 Å². The number of carbonyl (C=O) groups is 1. The lowest BCUT2D eigenvalue weighted by Crippen LogP contribution is -2.45. The molecule has 1 aliphatic heterocycles. The highest BCUT2D eigenvalue weighted by atomic mass is 16.4. The number of aliphatic carboxylic acids is 1. The van der Waals surface area contributed by atoms with Crippen LogP contribution in [-0.4, -0.2) is 34.6 Å². The van der Waals surface area contributed by atoms with Crippen molar-refractivity contribution in [3.05, 3.63) is 0 Å². The molecule has 2 atom stereocenters. The third-order valence-electron chi connectivity index (χ3n) is 3.63. The van der Waals surface area contributed by atoms with Crippen LogP contribution in [0.4, 0.5) is 0 Å². The van der Waals surface area contributed by atoms with Crippen LogP contribution in [0.1, 0.15) is 52.9 Å². The van der Waals surface area contributed by atoms with Gasteiger partial charge in [0.2, 0.25) is 0 Å². The molecule has 16 heavy (non-hydrogen) atoms. The minimum atomic E-state index is -0.638. The molecule has 1 saturated heterocycles. The van der Waals surface area contributed by atoms with Crippen molar-refractivity contribution in [1.82, 2.24) is 4.90 Å². The molecule has 94 valence electrons. The number of carboxylic acids is 1. The molecular weight excluding hydrogens is 202 g/mol. The Morgan fingerprint density at radius 2 is 2.19 bits per heavy atom. The van der Waals surface area contributed by atoms with E-state index in [-0.39, 0.29) is 6.04 Å². The highest BCUT2D eigenvalue weighted by Gasteiger charge is 2.35. The van der Waals surface area contributed by atoms with Crippen molar-refractivity contribution in [2.75, 3.05) is 6.54 Å². The maximum absolute atomic E-state index is 11.3. The Morgan fingerprint density at radius 1 is 1.50 bits per heavy atom. The number of carboxylic acid groups (broad SMARTS) is 1. The van der Waals surface area contributed by atoms with Gasteiger partial charge < -0.3 is 5.11 Å². The molecule has 0 bridgehead atoms. The summed E-state index contributed by atoms with van der Waals surface area (Å²) in [6.45, 7) is 7.47. The summed E-state index contributed by atoms with van der Waals surface area (Å²) in [4.78, 5) is 13.5. The Balaban J connectivity index is 2.65. The molecule has 0 aromatic rings. The van der Waals surface area contributed by atoms with Crippen molar-refractivity contribution < 1.29 is 9.90 Å². The van der Waals surface area contributed by atoms with Crippen molar-refractivity contribution in [3.8, 4) is 0 Å². The van der Waals surface area contributed by atoms with Gasteiger partial charge in [0.25, 0.3) is 0 Å². The van der Waals surface area contributed by atoms with Gasteiger partial charge in [-0.15, -0.1) is 0 Å². The van der Waals surface area contributed by atoms with Gasteiger partial charge >= 0.3 is 5.97 Å². The molecule has 0 aliphatic carbocycles. The topological polar surface area (TPSA) is 40.5 Å². The van der Waals surface area contributed by atoms with Gasteiger partial charge in [-0.25, -0.2) is 0 Å². The monoisotopic (exact) mass is 227 g/mol. The third-order valence-corrected chi connectivity index (χ3v) is 3.63. The third kappa shape index (κ3) is 3.21. The predicted octanol–water partition coefficient (Wildman–Crippen LogP) is 2.75. The molecule has 1 rings (SSSR count). The summed E-state index contributed by atoms with van der Waals surface area (Å²) in [5.41, 5.74) is 0. The number of rotatable bonds is 6. The second-order valence-electron chi connectivity index (χ2n) is 5.19. The smallest absolute Gasteiger partial charge is 0.320 e. The van der Waals surface area contributed by atoms with E-state index < -0.39 is 5.97 Å². The minimum absolute atomic E-state index is 0.255.